The molecule has 0 amide bonds. The van der Waals surface area contributed by atoms with Crippen LogP contribution in [0.3, 0.4) is 0 Å². The molecular formula is C22H25N3O. The lowest BCUT2D eigenvalue weighted by atomic mass is 10.0. The third-order valence-corrected chi connectivity index (χ3v) is 5.28. The van der Waals surface area contributed by atoms with E-state index in [2.05, 4.69) is 66.9 Å². The zero-order valence-corrected chi connectivity index (χ0v) is 15.9. The van der Waals surface area contributed by atoms with Crippen molar-refractivity contribution in [2.24, 2.45) is 0 Å². The molecular weight excluding hydrogens is 322 g/mol. The smallest absolute Gasteiger partial charge is 0.119 e. The van der Waals surface area contributed by atoms with Gasteiger partial charge >= 0.3 is 0 Å². The average molecular weight is 347 g/mol. The molecule has 0 aliphatic carbocycles. The van der Waals surface area contributed by atoms with E-state index in [0.717, 1.165) is 18.8 Å². The van der Waals surface area contributed by atoms with Crippen molar-refractivity contribution in [3.05, 3.63) is 70.9 Å². The molecule has 4 rings (SSSR count). The summed E-state index contributed by atoms with van der Waals surface area (Å²) in [7, 11) is 3.86. The number of aryl methyl sites for hydroxylation is 1. The lowest BCUT2D eigenvalue weighted by Crippen LogP contribution is -2.15. The summed E-state index contributed by atoms with van der Waals surface area (Å²) in [6.07, 6.45) is 0. The maximum Gasteiger partial charge on any atom is 0.119 e. The third-order valence-electron chi connectivity index (χ3n) is 5.28. The highest BCUT2D eigenvalue weighted by atomic mass is 16.5. The van der Waals surface area contributed by atoms with E-state index in [4.69, 9.17) is 9.84 Å². The Morgan fingerprint density at radius 3 is 2.65 bits per heavy atom. The second-order valence-corrected chi connectivity index (χ2v) is 7.16. The monoisotopic (exact) mass is 347 g/mol. The summed E-state index contributed by atoms with van der Waals surface area (Å²) < 4.78 is 7.62. The SMILES string of the molecule is COc1cccc(C(C)n2nc3c(c2-c2ccccc2C)CN(C)C3)c1. The van der Waals surface area contributed by atoms with E-state index in [1.54, 1.807) is 7.11 Å². The number of hydrogen-bond acceptors (Lipinski definition) is 3. The van der Waals surface area contributed by atoms with Crippen molar-refractivity contribution in [3.8, 4) is 17.0 Å². The van der Waals surface area contributed by atoms with Gasteiger partial charge in [0.25, 0.3) is 0 Å². The summed E-state index contributed by atoms with van der Waals surface area (Å²) in [4.78, 5) is 2.32. The van der Waals surface area contributed by atoms with Crippen molar-refractivity contribution in [1.29, 1.82) is 0 Å². The Hall–Kier alpha value is -2.59. The number of aromatic nitrogens is 2. The normalized spacial score (nSPS) is 15.1. The third kappa shape index (κ3) is 2.80. The minimum Gasteiger partial charge on any atom is -0.497 e. The number of fused-ring (bicyclic) bond motifs is 1. The first-order chi connectivity index (χ1) is 12.6. The number of hydrogen-bond donors (Lipinski definition) is 0. The van der Waals surface area contributed by atoms with Crippen LogP contribution in [0, 0.1) is 6.92 Å². The highest BCUT2D eigenvalue weighted by Gasteiger charge is 2.28. The minimum atomic E-state index is 0.135. The summed E-state index contributed by atoms with van der Waals surface area (Å²) in [6.45, 7) is 6.24. The first-order valence-electron chi connectivity index (χ1n) is 9.07. The highest BCUT2D eigenvalue weighted by Crippen LogP contribution is 2.37. The van der Waals surface area contributed by atoms with Gasteiger partial charge < -0.3 is 4.74 Å². The zero-order chi connectivity index (χ0) is 18.3. The Labute approximate surface area is 155 Å². The van der Waals surface area contributed by atoms with Crippen LogP contribution in [0.5, 0.6) is 5.75 Å². The molecule has 0 saturated heterocycles. The first-order valence-corrected chi connectivity index (χ1v) is 9.07. The molecule has 2 aromatic carbocycles. The Kier molecular flexibility index (Phi) is 4.29. The van der Waals surface area contributed by atoms with Gasteiger partial charge in [-0.25, -0.2) is 0 Å². The largest absolute Gasteiger partial charge is 0.497 e. The summed E-state index contributed by atoms with van der Waals surface area (Å²) in [5.41, 5.74) is 7.55. The Morgan fingerprint density at radius 1 is 1.08 bits per heavy atom. The van der Waals surface area contributed by atoms with Gasteiger partial charge in [0.1, 0.15) is 5.75 Å². The van der Waals surface area contributed by atoms with Gasteiger partial charge in [-0.3, -0.25) is 9.58 Å². The van der Waals surface area contributed by atoms with Gasteiger partial charge in [-0.2, -0.15) is 5.10 Å². The van der Waals surface area contributed by atoms with Gasteiger partial charge in [0.05, 0.1) is 24.5 Å². The van der Waals surface area contributed by atoms with Crippen LogP contribution in [0.15, 0.2) is 48.5 Å². The fourth-order valence-corrected chi connectivity index (χ4v) is 3.84. The number of benzene rings is 2. The predicted molar refractivity (Wildman–Crippen MR) is 104 cm³/mol. The topological polar surface area (TPSA) is 30.3 Å². The summed E-state index contributed by atoms with van der Waals surface area (Å²) in [5.74, 6) is 0.881. The molecule has 0 saturated carbocycles. The number of rotatable bonds is 4. The van der Waals surface area contributed by atoms with Gasteiger partial charge in [0.15, 0.2) is 0 Å². The molecule has 26 heavy (non-hydrogen) atoms. The van der Waals surface area contributed by atoms with E-state index >= 15 is 0 Å². The predicted octanol–water partition coefficient (Wildman–Crippen LogP) is 4.42. The molecule has 1 aliphatic rings. The van der Waals surface area contributed by atoms with Crippen molar-refractivity contribution < 1.29 is 4.74 Å². The van der Waals surface area contributed by atoms with Gasteiger partial charge in [-0.15, -0.1) is 0 Å². The molecule has 134 valence electrons. The van der Waals surface area contributed by atoms with E-state index in [-0.39, 0.29) is 6.04 Å². The summed E-state index contributed by atoms with van der Waals surface area (Å²) in [6, 6.07) is 17.0. The second-order valence-electron chi connectivity index (χ2n) is 7.16. The standard InChI is InChI=1S/C22H25N3O/c1-15-8-5-6-11-19(15)22-20-13-24(3)14-21(20)23-25(22)16(2)17-9-7-10-18(12-17)26-4/h5-12,16H,13-14H2,1-4H3. The van der Waals surface area contributed by atoms with E-state index in [1.165, 1.54) is 33.6 Å². The molecule has 0 bridgehead atoms. The Morgan fingerprint density at radius 2 is 1.88 bits per heavy atom. The van der Waals surface area contributed by atoms with E-state index < -0.39 is 0 Å². The molecule has 1 atom stereocenters. The van der Waals surface area contributed by atoms with Gasteiger partial charge in [-0.1, -0.05) is 36.4 Å². The number of methoxy groups -OCH3 is 1. The molecule has 0 fully saturated rings. The Bertz CT molecular complexity index is 944. The summed E-state index contributed by atoms with van der Waals surface area (Å²) >= 11 is 0. The molecule has 1 unspecified atom stereocenters. The molecule has 2 heterocycles. The lowest BCUT2D eigenvalue weighted by molar-refractivity contribution is 0.344. The molecule has 1 aliphatic heterocycles. The average Bonchev–Trinajstić information content (AvgIpc) is 3.17. The Balaban J connectivity index is 1.87. The maximum absolute atomic E-state index is 5.41. The lowest BCUT2D eigenvalue weighted by Gasteiger charge is -2.20. The molecule has 0 spiro atoms. The number of ether oxygens (including phenoxy) is 1. The fourth-order valence-electron chi connectivity index (χ4n) is 3.84. The van der Waals surface area contributed by atoms with Crippen LogP contribution in [-0.4, -0.2) is 28.8 Å². The molecule has 0 N–H and O–H groups in total. The second kappa shape index (κ2) is 6.61. The minimum absolute atomic E-state index is 0.135. The van der Waals surface area contributed by atoms with Gasteiger partial charge in [-0.05, 0) is 44.2 Å². The van der Waals surface area contributed by atoms with Crippen molar-refractivity contribution in [3.63, 3.8) is 0 Å². The summed E-state index contributed by atoms with van der Waals surface area (Å²) in [5, 5.41) is 5.02. The zero-order valence-electron chi connectivity index (χ0n) is 15.9. The van der Waals surface area contributed by atoms with Crippen molar-refractivity contribution in [2.45, 2.75) is 33.0 Å². The first kappa shape index (κ1) is 16.9. The van der Waals surface area contributed by atoms with Crippen LogP contribution in [0.25, 0.3) is 11.3 Å². The molecule has 1 aromatic heterocycles. The van der Waals surface area contributed by atoms with E-state index in [0.29, 0.717) is 0 Å². The molecule has 4 nitrogen and oxygen atoms in total. The van der Waals surface area contributed by atoms with Crippen LogP contribution >= 0.6 is 0 Å². The van der Waals surface area contributed by atoms with E-state index in [9.17, 15) is 0 Å². The maximum atomic E-state index is 5.41. The fraction of sp³-hybridized carbons (Fsp3) is 0.318. The van der Waals surface area contributed by atoms with Crippen molar-refractivity contribution in [1.82, 2.24) is 14.7 Å². The van der Waals surface area contributed by atoms with Gasteiger partial charge in [0.2, 0.25) is 0 Å². The van der Waals surface area contributed by atoms with Crippen LogP contribution in [0.4, 0.5) is 0 Å². The van der Waals surface area contributed by atoms with E-state index in [1.807, 2.05) is 12.1 Å². The quantitative estimate of drug-likeness (QED) is 0.700. The van der Waals surface area contributed by atoms with Gasteiger partial charge in [0, 0.05) is 24.2 Å². The van der Waals surface area contributed by atoms with Crippen molar-refractivity contribution >= 4 is 0 Å². The van der Waals surface area contributed by atoms with Crippen LogP contribution in [-0.2, 0) is 13.1 Å². The van der Waals surface area contributed by atoms with Crippen LogP contribution < -0.4 is 4.74 Å². The molecule has 0 radical (unpaired) electrons. The molecule has 4 heteroatoms. The van der Waals surface area contributed by atoms with Crippen LogP contribution in [0.1, 0.15) is 35.3 Å². The molecule has 3 aromatic rings. The van der Waals surface area contributed by atoms with Crippen molar-refractivity contribution in [2.75, 3.05) is 14.2 Å². The highest BCUT2D eigenvalue weighted by molar-refractivity contribution is 5.69. The number of nitrogens with zero attached hydrogens (tertiary/aromatic N) is 3. The van der Waals surface area contributed by atoms with Crippen LogP contribution in [0.2, 0.25) is 0 Å².